The van der Waals surface area contributed by atoms with Gasteiger partial charge in [-0.3, -0.25) is 4.79 Å². The highest BCUT2D eigenvalue weighted by Crippen LogP contribution is 2.25. The number of benzene rings is 1. The van der Waals surface area contributed by atoms with Crippen molar-refractivity contribution in [3.63, 3.8) is 0 Å². The zero-order valence-corrected chi connectivity index (χ0v) is 13.8. The molecule has 0 bridgehead atoms. The third-order valence-corrected chi connectivity index (χ3v) is 4.43. The Hall–Kier alpha value is -1.35. The predicted molar refractivity (Wildman–Crippen MR) is 85.8 cm³/mol. The lowest BCUT2D eigenvalue weighted by Crippen LogP contribution is -2.32. The number of nitrogens with two attached hydrogens (primary N) is 1. The second-order valence-corrected chi connectivity index (χ2v) is 6.87. The van der Waals surface area contributed by atoms with Crippen molar-refractivity contribution >= 4 is 27.5 Å². The van der Waals surface area contributed by atoms with E-state index in [4.69, 9.17) is 22.1 Å². The highest BCUT2D eigenvalue weighted by molar-refractivity contribution is 7.89. The van der Waals surface area contributed by atoms with Gasteiger partial charge in [-0.2, -0.15) is 0 Å². The van der Waals surface area contributed by atoms with Crippen LogP contribution in [0.4, 0.5) is 0 Å². The lowest BCUT2D eigenvalue weighted by molar-refractivity contribution is 0.0956. The van der Waals surface area contributed by atoms with Crippen molar-refractivity contribution in [3.05, 3.63) is 28.8 Å². The molecule has 1 amide bonds. The van der Waals surface area contributed by atoms with Crippen molar-refractivity contribution in [1.29, 1.82) is 0 Å². The Morgan fingerprint density at radius 3 is 2.73 bits per heavy atom. The Bertz CT molecular complexity index is 607. The Balaban J connectivity index is 2.58. The van der Waals surface area contributed by atoms with Crippen LogP contribution >= 0.6 is 11.6 Å². The largest absolute Gasteiger partial charge is 0.492 e. The van der Waals surface area contributed by atoms with E-state index in [1.54, 1.807) is 12.1 Å². The lowest BCUT2D eigenvalue weighted by atomic mass is 10.2. The van der Waals surface area contributed by atoms with Crippen LogP contribution < -0.4 is 20.5 Å². The number of halogens is 1. The van der Waals surface area contributed by atoms with Crippen molar-refractivity contribution in [2.45, 2.75) is 6.42 Å². The number of hydrogen-bond donors (Lipinski definition) is 3. The zero-order valence-electron chi connectivity index (χ0n) is 12.3. The van der Waals surface area contributed by atoms with Gasteiger partial charge < -0.3 is 15.8 Å². The van der Waals surface area contributed by atoms with Crippen molar-refractivity contribution in [2.24, 2.45) is 5.73 Å². The SMILES string of the molecule is CNS(=O)(=O)CCNC(=O)c1ccc(OCCCN)c(Cl)c1. The maximum Gasteiger partial charge on any atom is 0.251 e. The summed E-state index contributed by atoms with van der Waals surface area (Å²) in [5, 5.41) is 2.83. The fraction of sp³-hybridized carbons (Fsp3) is 0.462. The minimum Gasteiger partial charge on any atom is -0.492 e. The first-order valence-electron chi connectivity index (χ1n) is 6.71. The van der Waals surface area contributed by atoms with E-state index in [1.165, 1.54) is 13.1 Å². The Morgan fingerprint density at radius 1 is 1.41 bits per heavy atom. The van der Waals surface area contributed by atoms with Crippen LogP contribution in [0.3, 0.4) is 0 Å². The highest BCUT2D eigenvalue weighted by atomic mass is 35.5. The van der Waals surface area contributed by atoms with Crippen LogP contribution in [0.5, 0.6) is 5.75 Å². The van der Waals surface area contributed by atoms with Gasteiger partial charge in [0.15, 0.2) is 0 Å². The predicted octanol–water partition coefficient (Wildman–Crippen LogP) is 0.347. The van der Waals surface area contributed by atoms with Crippen molar-refractivity contribution in [1.82, 2.24) is 10.0 Å². The average molecular weight is 350 g/mol. The number of amides is 1. The van der Waals surface area contributed by atoms with Crippen molar-refractivity contribution in [3.8, 4) is 5.75 Å². The van der Waals surface area contributed by atoms with Crippen molar-refractivity contribution in [2.75, 3.05) is 32.5 Å². The summed E-state index contributed by atoms with van der Waals surface area (Å²) in [5.74, 6) is -0.116. The summed E-state index contributed by atoms with van der Waals surface area (Å²) in [7, 11) is -2.03. The van der Waals surface area contributed by atoms with E-state index in [0.29, 0.717) is 35.9 Å². The summed E-state index contributed by atoms with van der Waals surface area (Å²) in [5.41, 5.74) is 5.70. The van der Waals surface area contributed by atoms with E-state index in [2.05, 4.69) is 10.0 Å². The molecule has 4 N–H and O–H groups in total. The van der Waals surface area contributed by atoms with Gasteiger partial charge in [-0.15, -0.1) is 0 Å². The number of carbonyl (C=O) groups is 1. The Labute approximate surface area is 135 Å². The molecule has 1 rings (SSSR count). The number of rotatable bonds is 9. The molecule has 0 spiro atoms. The molecular weight excluding hydrogens is 330 g/mol. The number of ether oxygens (including phenoxy) is 1. The van der Waals surface area contributed by atoms with Gasteiger partial charge >= 0.3 is 0 Å². The van der Waals surface area contributed by atoms with Crippen LogP contribution in [-0.2, 0) is 10.0 Å². The summed E-state index contributed by atoms with van der Waals surface area (Å²) in [6.45, 7) is 0.978. The lowest BCUT2D eigenvalue weighted by Gasteiger charge is -2.09. The molecule has 0 aliphatic heterocycles. The molecule has 0 aliphatic rings. The molecule has 0 aromatic heterocycles. The molecule has 124 valence electrons. The first-order chi connectivity index (χ1) is 10.4. The molecule has 0 radical (unpaired) electrons. The summed E-state index contributed by atoms with van der Waals surface area (Å²) in [6, 6.07) is 4.63. The quantitative estimate of drug-likeness (QED) is 0.557. The van der Waals surface area contributed by atoms with E-state index in [1.807, 2.05) is 0 Å². The van der Waals surface area contributed by atoms with E-state index in [9.17, 15) is 13.2 Å². The van der Waals surface area contributed by atoms with Crippen molar-refractivity contribution < 1.29 is 17.9 Å². The van der Waals surface area contributed by atoms with Crippen LogP contribution in [0.2, 0.25) is 5.02 Å². The summed E-state index contributed by atoms with van der Waals surface area (Å²) < 4.78 is 30.1. The second-order valence-electron chi connectivity index (χ2n) is 4.41. The topological polar surface area (TPSA) is 111 Å². The molecule has 0 saturated heterocycles. The maximum atomic E-state index is 11.9. The van der Waals surface area contributed by atoms with E-state index < -0.39 is 15.9 Å². The van der Waals surface area contributed by atoms with Gasteiger partial charge in [-0.05, 0) is 38.2 Å². The maximum absolute atomic E-state index is 11.9. The molecule has 0 aliphatic carbocycles. The molecule has 1 aromatic rings. The normalized spacial score (nSPS) is 11.2. The Kier molecular flexibility index (Phi) is 7.60. The van der Waals surface area contributed by atoms with Crippen LogP contribution in [0, 0.1) is 0 Å². The standard InChI is InChI=1S/C13H20ClN3O4S/c1-16-22(19,20)8-6-17-13(18)10-3-4-12(11(14)9-10)21-7-2-5-15/h3-4,9,16H,2,5-8,15H2,1H3,(H,17,18). The molecule has 0 heterocycles. The first-order valence-corrected chi connectivity index (χ1v) is 8.74. The van der Waals surface area contributed by atoms with Gasteiger partial charge in [0.05, 0.1) is 17.4 Å². The summed E-state index contributed by atoms with van der Waals surface area (Å²) in [6.07, 6.45) is 0.707. The molecule has 9 heteroatoms. The van der Waals surface area contributed by atoms with Gasteiger partial charge in [0.2, 0.25) is 10.0 Å². The van der Waals surface area contributed by atoms with Gasteiger partial charge in [-0.25, -0.2) is 13.1 Å². The third-order valence-electron chi connectivity index (χ3n) is 2.77. The monoisotopic (exact) mass is 349 g/mol. The Morgan fingerprint density at radius 2 is 2.14 bits per heavy atom. The third kappa shape index (κ3) is 6.18. The molecule has 0 unspecified atom stereocenters. The number of nitrogens with one attached hydrogen (secondary N) is 2. The second kappa shape index (κ2) is 8.94. The minimum absolute atomic E-state index is 0.00831. The molecule has 0 saturated carbocycles. The van der Waals surface area contributed by atoms with Gasteiger partial charge in [0.25, 0.3) is 5.91 Å². The number of carbonyl (C=O) groups excluding carboxylic acids is 1. The molecule has 7 nitrogen and oxygen atoms in total. The molecule has 0 atom stereocenters. The number of sulfonamides is 1. The first kappa shape index (κ1) is 18.7. The smallest absolute Gasteiger partial charge is 0.251 e. The summed E-state index contributed by atoms with van der Waals surface area (Å²) in [4.78, 5) is 11.9. The minimum atomic E-state index is -3.35. The van der Waals surface area contributed by atoms with Crippen LogP contribution in [0.15, 0.2) is 18.2 Å². The average Bonchev–Trinajstić information content (AvgIpc) is 2.48. The fourth-order valence-electron chi connectivity index (χ4n) is 1.53. The zero-order chi connectivity index (χ0) is 16.6. The molecule has 1 aromatic carbocycles. The highest BCUT2D eigenvalue weighted by Gasteiger charge is 2.11. The van der Waals surface area contributed by atoms with E-state index in [-0.39, 0.29) is 12.3 Å². The summed E-state index contributed by atoms with van der Waals surface area (Å²) >= 11 is 6.04. The van der Waals surface area contributed by atoms with E-state index in [0.717, 1.165) is 0 Å². The van der Waals surface area contributed by atoms with Crippen LogP contribution in [-0.4, -0.2) is 46.8 Å². The fourth-order valence-corrected chi connectivity index (χ4v) is 2.34. The molecule has 0 fully saturated rings. The number of hydrogen-bond acceptors (Lipinski definition) is 5. The van der Waals surface area contributed by atoms with Gasteiger partial charge in [0.1, 0.15) is 5.75 Å². The van der Waals surface area contributed by atoms with Crippen LogP contribution in [0.25, 0.3) is 0 Å². The van der Waals surface area contributed by atoms with Gasteiger partial charge in [-0.1, -0.05) is 11.6 Å². The molecular formula is C13H20ClN3O4S. The van der Waals surface area contributed by atoms with Crippen LogP contribution in [0.1, 0.15) is 16.8 Å². The van der Waals surface area contributed by atoms with Gasteiger partial charge in [0, 0.05) is 12.1 Å². The van der Waals surface area contributed by atoms with E-state index >= 15 is 0 Å². The molecule has 22 heavy (non-hydrogen) atoms.